The van der Waals surface area contributed by atoms with Crippen molar-refractivity contribution < 1.29 is 9.53 Å². The molecule has 0 bridgehead atoms. The molecule has 2 aromatic carbocycles. The van der Waals surface area contributed by atoms with Gasteiger partial charge < -0.3 is 19.9 Å². The van der Waals surface area contributed by atoms with Crippen LogP contribution in [0.5, 0.6) is 0 Å². The van der Waals surface area contributed by atoms with Crippen molar-refractivity contribution in [2.75, 3.05) is 55.0 Å². The molecule has 1 heterocycles. The predicted molar refractivity (Wildman–Crippen MR) is 108 cm³/mol. The van der Waals surface area contributed by atoms with Crippen molar-refractivity contribution >= 4 is 34.6 Å². The number of nitrogens with one attached hydrogen (secondary N) is 1. The molecule has 6 heteroatoms. The largest absolute Gasteiger partial charge is 0.378 e. The molecule has 0 saturated carbocycles. The van der Waals surface area contributed by atoms with Gasteiger partial charge in [-0.25, -0.2) is 0 Å². The lowest BCUT2D eigenvalue weighted by Crippen LogP contribution is -2.37. The van der Waals surface area contributed by atoms with E-state index in [4.69, 9.17) is 16.3 Å². The monoisotopic (exact) mass is 373 g/mol. The summed E-state index contributed by atoms with van der Waals surface area (Å²) in [6.45, 7) is 5.83. The third-order valence-corrected chi connectivity index (χ3v) is 4.91. The fourth-order valence-electron chi connectivity index (χ4n) is 2.97. The molecule has 0 unspecified atom stereocenters. The van der Waals surface area contributed by atoms with Crippen LogP contribution in [0.4, 0.5) is 17.1 Å². The summed E-state index contributed by atoms with van der Waals surface area (Å²) in [4.78, 5) is 17.0. The van der Waals surface area contributed by atoms with Gasteiger partial charge in [-0.15, -0.1) is 0 Å². The number of amides is 1. The Morgan fingerprint density at radius 3 is 2.54 bits per heavy atom. The van der Waals surface area contributed by atoms with Crippen LogP contribution in [0.15, 0.2) is 42.5 Å². The summed E-state index contributed by atoms with van der Waals surface area (Å²) in [5.41, 5.74) is 3.28. The van der Waals surface area contributed by atoms with Crippen LogP contribution in [-0.2, 0) is 4.74 Å². The Hall–Kier alpha value is -2.24. The van der Waals surface area contributed by atoms with Gasteiger partial charge in [-0.1, -0.05) is 17.7 Å². The topological polar surface area (TPSA) is 44.8 Å². The van der Waals surface area contributed by atoms with E-state index in [0.29, 0.717) is 23.8 Å². The molecule has 0 atom stereocenters. The van der Waals surface area contributed by atoms with Crippen molar-refractivity contribution in [3.05, 3.63) is 53.1 Å². The van der Waals surface area contributed by atoms with Gasteiger partial charge in [-0.05, 0) is 43.3 Å². The van der Waals surface area contributed by atoms with Gasteiger partial charge in [0.2, 0.25) is 0 Å². The lowest BCUT2D eigenvalue weighted by molar-refractivity contribution is 0.102. The maximum atomic E-state index is 12.7. The van der Waals surface area contributed by atoms with Crippen LogP contribution in [0.3, 0.4) is 0 Å². The number of anilines is 3. The summed E-state index contributed by atoms with van der Waals surface area (Å²) < 4.78 is 5.41. The quantitative estimate of drug-likeness (QED) is 0.863. The first-order chi connectivity index (χ1) is 12.6. The van der Waals surface area contributed by atoms with E-state index in [2.05, 4.69) is 22.0 Å². The molecular formula is C20H24ClN3O2. The first-order valence-electron chi connectivity index (χ1n) is 8.84. The van der Waals surface area contributed by atoms with Gasteiger partial charge in [0, 0.05) is 37.9 Å². The van der Waals surface area contributed by atoms with Gasteiger partial charge in [0.15, 0.2) is 0 Å². The number of rotatable bonds is 5. The van der Waals surface area contributed by atoms with Crippen LogP contribution in [0.2, 0.25) is 5.02 Å². The number of carbonyl (C=O) groups is 1. The van der Waals surface area contributed by atoms with Crippen molar-refractivity contribution in [1.29, 1.82) is 0 Å². The molecule has 3 rings (SSSR count). The molecule has 1 aliphatic rings. The molecule has 5 nitrogen and oxygen atoms in total. The van der Waals surface area contributed by atoms with Crippen LogP contribution in [0, 0.1) is 0 Å². The third kappa shape index (κ3) is 4.11. The number of carbonyl (C=O) groups excluding carboxylic acids is 1. The fraction of sp³-hybridized carbons (Fsp3) is 0.350. The highest BCUT2D eigenvalue weighted by Gasteiger charge is 2.19. The molecule has 1 fully saturated rings. The van der Waals surface area contributed by atoms with E-state index < -0.39 is 0 Å². The predicted octanol–water partition coefficient (Wildman–Crippen LogP) is 3.89. The Bertz CT molecular complexity index is 758. The average molecular weight is 374 g/mol. The van der Waals surface area contributed by atoms with Crippen molar-refractivity contribution in [3.63, 3.8) is 0 Å². The molecule has 1 saturated heterocycles. The second-order valence-corrected chi connectivity index (χ2v) is 6.66. The maximum absolute atomic E-state index is 12.7. The van der Waals surface area contributed by atoms with Crippen molar-refractivity contribution in [1.82, 2.24) is 0 Å². The van der Waals surface area contributed by atoms with Crippen LogP contribution in [0.1, 0.15) is 17.3 Å². The normalized spacial score (nSPS) is 14.2. The van der Waals surface area contributed by atoms with Crippen molar-refractivity contribution in [2.45, 2.75) is 6.92 Å². The van der Waals surface area contributed by atoms with E-state index in [0.717, 1.165) is 36.7 Å². The average Bonchev–Trinajstić information content (AvgIpc) is 2.68. The number of morpholine rings is 1. The lowest BCUT2D eigenvalue weighted by atomic mass is 10.1. The Balaban J connectivity index is 1.80. The zero-order valence-electron chi connectivity index (χ0n) is 15.2. The first-order valence-corrected chi connectivity index (χ1v) is 9.21. The fourth-order valence-corrected chi connectivity index (χ4v) is 3.26. The maximum Gasteiger partial charge on any atom is 0.255 e. The molecule has 1 N–H and O–H groups in total. The number of hydrogen-bond acceptors (Lipinski definition) is 4. The minimum atomic E-state index is -0.146. The van der Waals surface area contributed by atoms with Crippen LogP contribution < -0.4 is 15.1 Å². The van der Waals surface area contributed by atoms with E-state index in [1.54, 1.807) is 0 Å². The third-order valence-electron chi connectivity index (χ3n) is 4.61. The van der Waals surface area contributed by atoms with Crippen LogP contribution in [-0.4, -0.2) is 45.8 Å². The standard InChI is InChI=1S/C20H24ClN3O2/c1-3-23(2)16-9-7-15(8-10-16)20(25)22-18-6-4-5-17(21)19(18)24-11-13-26-14-12-24/h4-10H,3,11-14H2,1-2H3,(H,22,25). The zero-order valence-corrected chi connectivity index (χ0v) is 15.9. The highest BCUT2D eigenvalue weighted by molar-refractivity contribution is 6.34. The Labute approximate surface area is 159 Å². The Kier molecular flexibility index (Phi) is 6.01. The summed E-state index contributed by atoms with van der Waals surface area (Å²) in [5.74, 6) is -0.146. The number of halogens is 1. The summed E-state index contributed by atoms with van der Waals surface area (Å²) in [5, 5.41) is 3.64. The second kappa shape index (κ2) is 8.43. The van der Waals surface area contributed by atoms with Gasteiger partial charge in [-0.2, -0.15) is 0 Å². The van der Waals surface area contributed by atoms with E-state index >= 15 is 0 Å². The van der Waals surface area contributed by atoms with Gasteiger partial charge in [0.05, 0.1) is 29.6 Å². The summed E-state index contributed by atoms with van der Waals surface area (Å²) in [7, 11) is 2.02. The number of hydrogen-bond donors (Lipinski definition) is 1. The number of benzene rings is 2. The van der Waals surface area contributed by atoms with Crippen LogP contribution >= 0.6 is 11.6 Å². The molecule has 0 radical (unpaired) electrons. The Morgan fingerprint density at radius 2 is 1.88 bits per heavy atom. The van der Waals surface area contributed by atoms with E-state index in [1.807, 2.05) is 49.5 Å². The summed E-state index contributed by atoms with van der Waals surface area (Å²) in [6, 6.07) is 13.2. The van der Waals surface area contributed by atoms with Gasteiger partial charge >= 0.3 is 0 Å². The smallest absolute Gasteiger partial charge is 0.255 e. The molecule has 138 valence electrons. The first kappa shape index (κ1) is 18.5. The van der Waals surface area contributed by atoms with E-state index in [-0.39, 0.29) is 5.91 Å². The van der Waals surface area contributed by atoms with Gasteiger partial charge in [-0.3, -0.25) is 4.79 Å². The van der Waals surface area contributed by atoms with Crippen molar-refractivity contribution in [2.24, 2.45) is 0 Å². The molecule has 2 aromatic rings. The van der Waals surface area contributed by atoms with E-state index in [9.17, 15) is 4.79 Å². The second-order valence-electron chi connectivity index (χ2n) is 6.25. The highest BCUT2D eigenvalue weighted by atomic mass is 35.5. The zero-order chi connectivity index (χ0) is 18.5. The molecule has 26 heavy (non-hydrogen) atoms. The van der Waals surface area contributed by atoms with Gasteiger partial charge in [0.1, 0.15) is 0 Å². The summed E-state index contributed by atoms with van der Waals surface area (Å²) in [6.07, 6.45) is 0. The van der Waals surface area contributed by atoms with E-state index in [1.165, 1.54) is 0 Å². The van der Waals surface area contributed by atoms with Crippen molar-refractivity contribution in [3.8, 4) is 0 Å². The van der Waals surface area contributed by atoms with Crippen LogP contribution in [0.25, 0.3) is 0 Å². The molecule has 0 aromatic heterocycles. The molecule has 0 aliphatic carbocycles. The minimum absolute atomic E-state index is 0.146. The summed E-state index contributed by atoms with van der Waals surface area (Å²) >= 11 is 6.42. The molecule has 1 aliphatic heterocycles. The molecular weight excluding hydrogens is 350 g/mol. The lowest BCUT2D eigenvalue weighted by Gasteiger charge is -2.31. The highest BCUT2D eigenvalue weighted by Crippen LogP contribution is 2.34. The van der Waals surface area contributed by atoms with Gasteiger partial charge in [0.25, 0.3) is 5.91 Å². The molecule has 1 amide bonds. The minimum Gasteiger partial charge on any atom is -0.378 e. The SMILES string of the molecule is CCN(C)c1ccc(C(=O)Nc2cccc(Cl)c2N2CCOCC2)cc1. The number of para-hydroxylation sites is 1. The number of ether oxygens (including phenoxy) is 1. The molecule has 0 spiro atoms. The Morgan fingerprint density at radius 1 is 1.19 bits per heavy atom. The number of nitrogens with zero attached hydrogens (tertiary/aromatic N) is 2.